The van der Waals surface area contributed by atoms with Gasteiger partial charge in [0.25, 0.3) is 11.8 Å². The van der Waals surface area contributed by atoms with E-state index in [4.69, 9.17) is 0 Å². The van der Waals surface area contributed by atoms with Gasteiger partial charge in [-0.25, -0.2) is 0 Å². The molecule has 2 aliphatic heterocycles. The minimum absolute atomic E-state index is 0.00503. The number of likely N-dealkylation sites (tertiary alicyclic amines) is 2. The van der Waals surface area contributed by atoms with Crippen LogP contribution in [0.1, 0.15) is 65.0 Å². The Labute approximate surface area is 242 Å². The predicted octanol–water partition coefficient (Wildman–Crippen LogP) is 5.24. The normalized spacial score (nSPS) is 21.9. The lowest BCUT2D eigenvalue weighted by Gasteiger charge is -2.31. The third-order valence-electron chi connectivity index (χ3n) is 8.52. The number of fused-ring (bicyclic) bond motifs is 1. The van der Waals surface area contributed by atoms with Crippen molar-refractivity contribution >= 4 is 46.2 Å². The highest BCUT2D eigenvalue weighted by Crippen LogP contribution is 2.35. The average Bonchev–Trinajstić information content (AvgIpc) is 3.79. The fourth-order valence-electron chi connectivity index (χ4n) is 6.50. The van der Waals surface area contributed by atoms with Crippen LogP contribution in [0.25, 0.3) is 10.4 Å². The van der Waals surface area contributed by atoms with Gasteiger partial charge in [0, 0.05) is 16.8 Å². The topological polar surface area (TPSA) is 86.8 Å². The van der Waals surface area contributed by atoms with E-state index < -0.39 is 12.1 Å². The van der Waals surface area contributed by atoms with Crippen molar-refractivity contribution in [3.05, 3.63) is 69.7 Å². The monoisotopic (exact) mass is 575 g/mol. The first-order valence-corrected chi connectivity index (χ1v) is 15.9. The molecule has 2 saturated heterocycles. The molecular formula is C31H33N3O4S2. The van der Waals surface area contributed by atoms with E-state index in [1.165, 1.54) is 29.1 Å². The summed E-state index contributed by atoms with van der Waals surface area (Å²) in [7, 11) is 0. The molecule has 0 bridgehead atoms. The van der Waals surface area contributed by atoms with Gasteiger partial charge in [0.2, 0.25) is 5.91 Å². The van der Waals surface area contributed by atoms with Gasteiger partial charge in [-0.2, -0.15) is 11.3 Å². The largest absolute Gasteiger partial charge is 0.340 e. The van der Waals surface area contributed by atoms with Crippen LogP contribution in [0, 0.1) is 5.92 Å². The lowest BCUT2D eigenvalue weighted by Crippen LogP contribution is -2.53. The van der Waals surface area contributed by atoms with E-state index in [0.717, 1.165) is 36.1 Å². The highest BCUT2D eigenvalue weighted by Gasteiger charge is 2.52. The third kappa shape index (κ3) is 5.37. The zero-order valence-electron chi connectivity index (χ0n) is 22.3. The number of rotatable bonds is 7. The summed E-state index contributed by atoms with van der Waals surface area (Å²) in [6.45, 7) is 0.407. The molecule has 3 aromatic rings. The Balaban J connectivity index is 1.18. The van der Waals surface area contributed by atoms with Crippen molar-refractivity contribution in [1.82, 2.24) is 15.1 Å². The molecule has 6 rings (SSSR count). The summed E-state index contributed by atoms with van der Waals surface area (Å²) >= 11 is 2.86. The quantitative estimate of drug-likeness (QED) is 0.418. The molecule has 7 nitrogen and oxygen atoms in total. The van der Waals surface area contributed by atoms with Crippen LogP contribution in [0.5, 0.6) is 0 Å². The second kappa shape index (κ2) is 11.7. The van der Waals surface area contributed by atoms with Crippen LogP contribution in [-0.4, -0.2) is 64.5 Å². The van der Waals surface area contributed by atoms with Gasteiger partial charge in [0.1, 0.15) is 12.1 Å². The molecule has 208 valence electrons. The standard InChI is InChI=1S/C31H33N3O4S2/c35-25-18-34(31(38)27-12-11-26(40-27)21-9-5-2-6-10-21)24-13-15-33(28(24)25)30(37)23(17-20-7-3-1-4-8-20)32-29(36)22-14-16-39-19-22/h2,5-6,9-12,14,16,19-20,23-24,28H,1,3-4,7-8,13,15,17-18H2,(H,32,36)/t23-,24+,28-/m0/s1. The summed E-state index contributed by atoms with van der Waals surface area (Å²) in [5.41, 5.74) is 1.60. The van der Waals surface area contributed by atoms with E-state index in [9.17, 15) is 19.2 Å². The smallest absolute Gasteiger partial charge is 0.264 e. The van der Waals surface area contributed by atoms with E-state index in [2.05, 4.69) is 5.32 Å². The fourth-order valence-corrected chi connectivity index (χ4v) is 8.11. The highest BCUT2D eigenvalue weighted by atomic mass is 32.1. The number of amides is 3. The maximum absolute atomic E-state index is 14.0. The fraction of sp³-hybridized carbons (Fsp3) is 0.419. The van der Waals surface area contributed by atoms with Crippen molar-refractivity contribution in [1.29, 1.82) is 0 Å². The van der Waals surface area contributed by atoms with Crippen LogP contribution in [0.3, 0.4) is 0 Å². The summed E-state index contributed by atoms with van der Waals surface area (Å²) in [5, 5.41) is 6.63. The van der Waals surface area contributed by atoms with Crippen molar-refractivity contribution in [2.75, 3.05) is 13.1 Å². The maximum atomic E-state index is 14.0. The zero-order chi connectivity index (χ0) is 27.6. The van der Waals surface area contributed by atoms with Crippen LogP contribution >= 0.6 is 22.7 Å². The van der Waals surface area contributed by atoms with Gasteiger partial charge in [-0.3, -0.25) is 19.2 Å². The number of benzene rings is 1. The van der Waals surface area contributed by atoms with Gasteiger partial charge in [0.15, 0.2) is 5.78 Å². The summed E-state index contributed by atoms with van der Waals surface area (Å²) in [4.78, 5) is 58.7. The summed E-state index contributed by atoms with van der Waals surface area (Å²) < 4.78 is 0. The van der Waals surface area contributed by atoms with Gasteiger partial charge in [-0.05, 0) is 47.9 Å². The Kier molecular flexibility index (Phi) is 7.85. The van der Waals surface area contributed by atoms with Crippen LogP contribution in [0.15, 0.2) is 59.3 Å². The average molecular weight is 576 g/mol. The SMILES string of the molecule is O=C(N[C@@H](CC1CCCCC1)C(=O)N1CC[C@@H]2[C@H]1C(=O)CN2C(=O)c1ccc(-c2ccccc2)s1)c1ccsc1. The number of carbonyl (C=O) groups excluding carboxylic acids is 4. The second-order valence-electron chi connectivity index (χ2n) is 11.0. The summed E-state index contributed by atoms with van der Waals surface area (Å²) in [6, 6.07) is 13.8. The molecule has 3 aliphatic rings. The van der Waals surface area contributed by atoms with Crippen molar-refractivity contribution < 1.29 is 19.2 Å². The first-order valence-electron chi connectivity index (χ1n) is 14.1. The molecule has 0 spiro atoms. The van der Waals surface area contributed by atoms with Gasteiger partial charge in [-0.1, -0.05) is 62.4 Å². The predicted molar refractivity (Wildman–Crippen MR) is 156 cm³/mol. The molecule has 3 atom stereocenters. The summed E-state index contributed by atoms with van der Waals surface area (Å²) in [6.07, 6.45) is 6.73. The molecule has 1 aliphatic carbocycles. The van der Waals surface area contributed by atoms with E-state index in [1.807, 2.05) is 47.8 Å². The zero-order valence-corrected chi connectivity index (χ0v) is 23.9. The molecule has 3 fully saturated rings. The van der Waals surface area contributed by atoms with Crippen LogP contribution < -0.4 is 5.32 Å². The Morgan fingerprint density at radius 2 is 1.75 bits per heavy atom. The number of ketones is 1. The molecule has 0 radical (unpaired) electrons. The molecular weight excluding hydrogens is 542 g/mol. The third-order valence-corrected chi connectivity index (χ3v) is 10.3. The highest BCUT2D eigenvalue weighted by molar-refractivity contribution is 7.17. The molecule has 1 saturated carbocycles. The molecule has 3 amide bonds. The van der Waals surface area contributed by atoms with E-state index in [-0.39, 0.29) is 36.1 Å². The van der Waals surface area contributed by atoms with Crippen molar-refractivity contribution in [3.8, 4) is 10.4 Å². The Morgan fingerprint density at radius 3 is 2.50 bits per heavy atom. The minimum Gasteiger partial charge on any atom is -0.340 e. The van der Waals surface area contributed by atoms with Gasteiger partial charge in [0.05, 0.1) is 23.0 Å². The number of nitrogens with one attached hydrogen (secondary N) is 1. The summed E-state index contributed by atoms with van der Waals surface area (Å²) in [5.74, 6) is -0.352. The lowest BCUT2D eigenvalue weighted by molar-refractivity contribution is -0.138. The molecule has 1 aromatic carbocycles. The van der Waals surface area contributed by atoms with Gasteiger partial charge in [-0.15, -0.1) is 11.3 Å². The van der Waals surface area contributed by atoms with E-state index in [1.54, 1.807) is 21.2 Å². The van der Waals surface area contributed by atoms with Crippen molar-refractivity contribution in [2.45, 2.75) is 63.1 Å². The Hall–Kier alpha value is -3.30. The van der Waals surface area contributed by atoms with Crippen LogP contribution in [0.2, 0.25) is 0 Å². The number of hydrogen-bond acceptors (Lipinski definition) is 6. The molecule has 40 heavy (non-hydrogen) atoms. The van der Waals surface area contributed by atoms with E-state index in [0.29, 0.717) is 35.7 Å². The number of hydrogen-bond donors (Lipinski definition) is 1. The number of Topliss-reactive ketones (excluding diaryl/α,β-unsaturated/α-hetero) is 1. The van der Waals surface area contributed by atoms with E-state index >= 15 is 0 Å². The van der Waals surface area contributed by atoms with Crippen LogP contribution in [0.4, 0.5) is 0 Å². The first-order chi connectivity index (χ1) is 19.5. The molecule has 0 unspecified atom stereocenters. The maximum Gasteiger partial charge on any atom is 0.264 e. The van der Waals surface area contributed by atoms with Gasteiger partial charge >= 0.3 is 0 Å². The van der Waals surface area contributed by atoms with Crippen LogP contribution in [-0.2, 0) is 9.59 Å². The second-order valence-corrected chi connectivity index (χ2v) is 12.9. The number of carbonyl (C=O) groups is 4. The molecule has 4 heterocycles. The first kappa shape index (κ1) is 26.9. The number of nitrogens with zero attached hydrogens (tertiary/aromatic N) is 2. The van der Waals surface area contributed by atoms with Gasteiger partial charge < -0.3 is 15.1 Å². The number of thiophene rings is 2. The molecule has 9 heteroatoms. The van der Waals surface area contributed by atoms with Crippen molar-refractivity contribution in [2.24, 2.45) is 5.92 Å². The van der Waals surface area contributed by atoms with Crippen molar-refractivity contribution in [3.63, 3.8) is 0 Å². The molecule has 1 N–H and O–H groups in total. The Bertz CT molecular complexity index is 1380. The molecule has 2 aromatic heterocycles. The lowest BCUT2D eigenvalue weighted by atomic mass is 9.84. The Morgan fingerprint density at radius 1 is 0.950 bits per heavy atom. The minimum atomic E-state index is -0.683.